The monoisotopic (exact) mass is 458 g/mol. The molecule has 0 saturated heterocycles. The first-order valence-electron chi connectivity index (χ1n) is 10.8. The van der Waals surface area contributed by atoms with Crippen LogP contribution in [0.2, 0.25) is 0 Å². The topological polar surface area (TPSA) is 70.5 Å². The van der Waals surface area contributed by atoms with Crippen molar-refractivity contribution in [2.24, 2.45) is 0 Å². The molecule has 0 bridgehead atoms. The van der Waals surface area contributed by atoms with Crippen molar-refractivity contribution >= 4 is 33.4 Å². The Morgan fingerprint density at radius 1 is 1.00 bits per heavy atom. The Kier molecular flexibility index (Phi) is 10.2. The predicted molar refractivity (Wildman–Crippen MR) is 114 cm³/mol. The molecule has 9 heteroatoms. The molecule has 0 aliphatic rings. The number of aromatic nitrogens is 1. The maximum Gasteiger partial charge on any atom is 0.303 e. The lowest BCUT2D eigenvalue weighted by molar-refractivity contribution is -0.141. The van der Waals surface area contributed by atoms with Gasteiger partial charge in [-0.1, -0.05) is 51.9 Å². The maximum atomic E-state index is 14.0. The lowest BCUT2D eigenvalue weighted by Gasteiger charge is -2.21. The van der Waals surface area contributed by atoms with Crippen molar-refractivity contribution in [3.8, 4) is 0 Å². The van der Waals surface area contributed by atoms with Crippen LogP contribution in [0.15, 0.2) is 6.07 Å². The van der Waals surface area contributed by atoms with Crippen LogP contribution in [-0.4, -0.2) is 33.4 Å². The Bertz CT molecular complexity index is 888. The van der Waals surface area contributed by atoms with Crippen molar-refractivity contribution < 1.29 is 27.9 Å². The fourth-order valence-electron chi connectivity index (χ4n) is 3.36. The molecule has 0 aliphatic carbocycles. The molecule has 1 aromatic carbocycles. The summed E-state index contributed by atoms with van der Waals surface area (Å²) in [5, 5.41) is 9.13. The van der Waals surface area contributed by atoms with Crippen molar-refractivity contribution in [2.45, 2.75) is 77.7 Å². The third-order valence-electron chi connectivity index (χ3n) is 5.07. The van der Waals surface area contributed by atoms with Gasteiger partial charge in [-0.25, -0.2) is 18.2 Å². The van der Waals surface area contributed by atoms with Gasteiger partial charge in [-0.3, -0.25) is 9.59 Å². The molecule has 1 heterocycles. The SMILES string of the molecule is CCCCCCCCCCN(Cc1nc2c(F)c(F)cc(F)c2s1)C(=O)CCC(=O)O. The lowest BCUT2D eigenvalue weighted by atomic mass is 10.1. The van der Waals surface area contributed by atoms with Crippen molar-refractivity contribution in [2.75, 3.05) is 6.54 Å². The van der Waals surface area contributed by atoms with Gasteiger partial charge in [0.15, 0.2) is 11.6 Å². The third-order valence-corrected chi connectivity index (χ3v) is 6.12. The fraction of sp³-hybridized carbons (Fsp3) is 0.591. The summed E-state index contributed by atoms with van der Waals surface area (Å²) in [6, 6.07) is 0.482. The van der Waals surface area contributed by atoms with Gasteiger partial charge < -0.3 is 10.0 Å². The first-order valence-corrected chi connectivity index (χ1v) is 11.6. The summed E-state index contributed by atoms with van der Waals surface area (Å²) in [7, 11) is 0. The number of hydrogen-bond donors (Lipinski definition) is 1. The minimum absolute atomic E-state index is 0.00873. The number of hydrogen-bond acceptors (Lipinski definition) is 4. The fourth-order valence-corrected chi connectivity index (χ4v) is 4.34. The number of carbonyl (C=O) groups is 2. The molecule has 0 saturated carbocycles. The van der Waals surface area contributed by atoms with Crippen molar-refractivity contribution in [1.29, 1.82) is 0 Å². The maximum absolute atomic E-state index is 14.0. The Morgan fingerprint density at radius 3 is 2.29 bits per heavy atom. The lowest BCUT2D eigenvalue weighted by Crippen LogP contribution is -2.31. The van der Waals surface area contributed by atoms with Crippen molar-refractivity contribution in [1.82, 2.24) is 9.88 Å². The summed E-state index contributed by atoms with van der Waals surface area (Å²) in [4.78, 5) is 28.8. The van der Waals surface area contributed by atoms with E-state index in [0.29, 0.717) is 12.6 Å². The largest absolute Gasteiger partial charge is 0.481 e. The van der Waals surface area contributed by atoms with Crippen LogP contribution in [0.1, 0.15) is 76.1 Å². The predicted octanol–water partition coefficient (Wildman–Crippen LogP) is 6.05. The minimum atomic E-state index is -1.31. The second-order valence-electron chi connectivity index (χ2n) is 7.62. The van der Waals surface area contributed by atoms with Crippen molar-refractivity contribution in [3.63, 3.8) is 0 Å². The number of benzene rings is 1. The van der Waals surface area contributed by atoms with Crippen LogP contribution in [-0.2, 0) is 16.1 Å². The number of carboxylic acid groups (broad SMARTS) is 1. The summed E-state index contributed by atoms with van der Waals surface area (Å²) in [5.41, 5.74) is -0.387. The molecular formula is C22H29F3N2O3S. The van der Waals surface area contributed by atoms with Crippen LogP contribution in [0.5, 0.6) is 0 Å². The highest BCUT2D eigenvalue weighted by atomic mass is 32.1. The number of carbonyl (C=O) groups excluding carboxylic acids is 1. The van der Waals surface area contributed by atoms with Gasteiger partial charge in [0.2, 0.25) is 5.91 Å². The Labute approximate surface area is 184 Å². The zero-order valence-corrected chi connectivity index (χ0v) is 18.6. The third kappa shape index (κ3) is 7.79. The van der Waals surface area contributed by atoms with Gasteiger partial charge in [0, 0.05) is 19.0 Å². The van der Waals surface area contributed by atoms with E-state index in [1.54, 1.807) is 0 Å². The van der Waals surface area contributed by atoms with E-state index in [4.69, 9.17) is 5.11 Å². The molecule has 0 aliphatic heterocycles. The molecule has 2 rings (SSSR count). The van der Waals surface area contributed by atoms with Crippen LogP contribution in [0, 0.1) is 17.5 Å². The number of unbranched alkanes of at least 4 members (excludes halogenated alkanes) is 7. The van der Waals surface area contributed by atoms with Gasteiger partial charge in [-0.05, 0) is 6.42 Å². The highest BCUT2D eigenvalue weighted by molar-refractivity contribution is 7.18. The van der Waals surface area contributed by atoms with Crippen LogP contribution >= 0.6 is 11.3 Å². The molecule has 2 aromatic rings. The van der Waals surface area contributed by atoms with Crippen molar-refractivity contribution in [3.05, 3.63) is 28.5 Å². The zero-order valence-electron chi connectivity index (χ0n) is 17.8. The van der Waals surface area contributed by atoms with Gasteiger partial charge >= 0.3 is 5.97 Å². The Balaban J connectivity index is 2.00. The summed E-state index contributed by atoms with van der Waals surface area (Å²) < 4.78 is 41.3. The highest BCUT2D eigenvalue weighted by Crippen LogP contribution is 2.29. The van der Waals surface area contributed by atoms with E-state index in [9.17, 15) is 22.8 Å². The van der Waals surface area contributed by atoms with Crippen LogP contribution in [0.3, 0.4) is 0 Å². The second kappa shape index (κ2) is 12.6. The summed E-state index contributed by atoms with van der Waals surface area (Å²) in [5.74, 6) is -4.85. The smallest absolute Gasteiger partial charge is 0.303 e. The first-order chi connectivity index (χ1) is 14.8. The molecule has 31 heavy (non-hydrogen) atoms. The van der Waals surface area contributed by atoms with E-state index in [-0.39, 0.29) is 40.5 Å². The van der Waals surface area contributed by atoms with E-state index >= 15 is 0 Å². The summed E-state index contributed by atoms with van der Waals surface area (Å²) >= 11 is 0.869. The molecule has 0 fully saturated rings. The van der Waals surface area contributed by atoms with E-state index in [1.165, 1.54) is 30.6 Å². The summed E-state index contributed by atoms with van der Waals surface area (Å²) in [6.45, 7) is 2.58. The van der Waals surface area contributed by atoms with Crippen LogP contribution < -0.4 is 0 Å². The number of aliphatic carboxylic acids is 1. The molecule has 5 nitrogen and oxygen atoms in total. The average molecular weight is 459 g/mol. The van der Waals surface area contributed by atoms with E-state index in [0.717, 1.165) is 37.0 Å². The van der Waals surface area contributed by atoms with E-state index in [1.807, 2.05) is 0 Å². The number of fused-ring (bicyclic) bond motifs is 1. The molecular weight excluding hydrogens is 429 g/mol. The molecule has 172 valence electrons. The van der Waals surface area contributed by atoms with E-state index in [2.05, 4.69) is 11.9 Å². The van der Waals surface area contributed by atoms with Gasteiger partial charge in [-0.2, -0.15) is 0 Å². The number of carboxylic acids is 1. The minimum Gasteiger partial charge on any atom is -0.481 e. The highest BCUT2D eigenvalue weighted by Gasteiger charge is 2.21. The molecule has 0 unspecified atom stereocenters. The van der Waals surface area contributed by atoms with Gasteiger partial charge in [0.1, 0.15) is 16.3 Å². The quantitative estimate of drug-likeness (QED) is 0.276. The Hall–Kier alpha value is -2.16. The molecule has 0 spiro atoms. The standard InChI is InChI=1S/C22H29F3N2O3S/c1-2-3-4-5-6-7-8-9-12-27(18(28)10-11-19(29)30)14-17-26-21-20(25)15(23)13-16(24)22(21)31-17/h13H,2-12,14H2,1H3,(H,29,30). The van der Waals surface area contributed by atoms with Crippen LogP contribution in [0.25, 0.3) is 10.2 Å². The number of halogens is 3. The normalized spacial score (nSPS) is 11.2. The Morgan fingerprint density at radius 2 is 1.65 bits per heavy atom. The molecule has 1 aromatic heterocycles. The van der Waals surface area contributed by atoms with E-state index < -0.39 is 23.4 Å². The number of amides is 1. The van der Waals surface area contributed by atoms with Gasteiger partial charge in [0.05, 0.1) is 17.7 Å². The number of rotatable bonds is 14. The number of nitrogens with zero attached hydrogens (tertiary/aromatic N) is 2. The van der Waals surface area contributed by atoms with Gasteiger partial charge in [-0.15, -0.1) is 11.3 Å². The zero-order chi connectivity index (χ0) is 22.8. The molecule has 1 amide bonds. The first kappa shape index (κ1) is 25.1. The molecule has 1 N–H and O–H groups in total. The molecule has 0 atom stereocenters. The summed E-state index contributed by atoms with van der Waals surface area (Å²) in [6.07, 6.45) is 8.26. The van der Waals surface area contributed by atoms with Crippen LogP contribution in [0.4, 0.5) is 13.2 Å². The molecule has 0 radical (unpaired) electrons. The number of thiazole rings is 1. The van der Waals surface area contributed by atoms with Gasteiger partial charge in [0.25, 0.3) is 0 Å². The average Bonchev–Trinajstić information content (AvgIpc) is 3.16. The second-order valence-corrected chi connectivity index (χ2v) is 8.71.